The minimum Gasteiger partial charge on any atom is -0.449 e. The number of nitrogens with one attached hydrogen (secondary N) is 1. The summed E-state index contributed by atoms with van der Waals surface area (Å²) in [5.74, 6) is 0.595. The van der Waals surface area contributed by atoms with Crippen LogP contribution in [0.3, 0.4) is 0 Å². The smallest absolute Gasteiger partial charge is 0.407 e. The third-order valence-corrected chi connectivity index (χ3v) is 2.83. The second kappa shape index (κ2) is 18.3. The van der Waals surface area contributed by atoms with Gasteiger partial charge in [0.05, 0.1) is 6.61 Å². The van der Waals surface area contributed by atoms with Crippen LogP contribution in [-0.2, 0) is 37.4 Å². The van der Waals surface area contributed by atoms with Crippen molar-refractivity contribution < 1.29 is 42.2 Å². The first kappa shape index (κ1) is 36.7. The Balaban J connectivity index is -0.0000000987. The van der Waals surface area contributed by atoms with Crippen LogP contribution in [0.15, 0.2) is 24.3 Å². The molecule has 0 saturated heterocycles. The van der Waals surface area contributed by atoms with Gasteiger partial charge in [0, 0.05) is 43.8 Å². The number of hydrogen-bond acceptors (Lipinski definition) is 2. The molecule has 0 aliphatic rings. The zero-order valence-corrected chi connectivity index (χ0v) is 19.0. The first-order chi connectivity index (χ1) is 10.0. The van der Waals surface area contributed by atoms with E-state index in [9.17, 15) is 4.79 Å². The molecule has 3 nitrogen and oxygen atoms in total. The maximum Gasteiger partial charge on any atom is 0.407 e. The molecular formula is C21H42ClNO2Y. The van der Waals surface area contributed by atoms with E-state index in [4.69, 9.17) is 16.3 Å². The predicted molar refractivity (Wildman–Crippen MR) is 115 cm³/mol. The first-order valence-corrected chi connectivity index (χ1v) is 8.08. The van der Waals surface area contributed by atoms with Crippen LogP contribution in [0, 0.1) is 5.41 Å². The summed E-state index contributed by atoms with van der Waals surface area (Å²) in [4.78, 5) is 11.0. The molecule has 5 heteroatoms. The summed E-state index contributed by atoms with van der Waals surface area (Å²) in [5, 5.41) is 3.46. The number of rotatable bonds is 3. The van der Waals surface area contributed by atoms with Gasteiger partial charge in [-0.15, -0.1) is 0 Å². The minimum absolute atomic E-state index is 0. The van der Waals surface area contributed by atoms with E-state index in [-0.39, 0.29) is 72.5 Å². The fourth-order valence-electron chi connectivity index (χ4n) is 1.41. The van der Waals surface area contributed by atoms with Gasteiger partial charge in [-0.2, -0.15) is 0 Å². The number of ether oxygens (including phenoxy) is 1. The summed E-state index contributed by atoms with van der Waals surface area (Å²) in [7, 11) is 0. The third-order valence-electron chi connectivity index (χ3n) is 2.58. The zero-order chi connectivity index (χ0) is 17.3. The number of carbonyl (C=O) groups excluding carboxylic acids is 1. The maximum absolute atomic E-state index is 11.0. The summed E-state index contributed by atoms with van der Waals surface area (Å²) in [6.07, 6.45) is -0.333. The molecular weight excluding hydrogens is 423 g/mol. The molecule has 0 spiro atoms. The van der Waals surface area contributed by atoms with Crippen LogP contribution < -0.4 is 5.32 Å². The van der Waals surface area contributed by atoms with E-state index in [2.05, 4.69) is 31.3 Å². The molecule has 1 N–H and O–H groups in total. The van der Waals surface area contributed by atoms with Crippen molar-refractivity contribution in [1.82, 2.24) is 5.32 Å². The Morgan fingerprint density at radius 2 is 1.46 bits per heavy atom. The molecule has 0 saturated carbocycles. The Morgan fingerprint density at radius 3 is 1.77 bits per heavy atom. The molecule has 26 heavy (non-hydrogen) atoms. The Hall–Kier alpha value is -0.116. The third kappa shape index (κ3) is 21.9. The van der Waals surface area contributed by atoms with Crippen molar-refractivity contribution in [3.05, 3.63) is 34.9 Å². The number of hydrogen-bond donors (Lipinski definition) is 1. The Kier molecular flexibility index (Phi) is 25.8. The molecule has 0 fully saturated rings. The molecule has 153 valence electrons. The van der Waals surface area contributed by atoms with Crippen LogP contribution in [0.5, 0.6) is 0 Å². The maximum atomic E-state index is 11.0. The standard InChI is InChI=1S/C9H11Cl.C9H19NO2.3CH4.Y/c1-7(2)8-3-5-9(10)6-4-8;1-7(2)10-8(11)12-6-9(3,4)5;;;;/h3-7H,1-2H3;7H,6H2,1-5H3,(H,10,11);3*1H4;. The molecule has 1 radical (unpaired) electrons. The van der Waals surface area contributed by atoms with Crippen LogP contribution in [0.1, 0.15) is 82.2 Å². The van der Waals surface area contributed by atoms with Gasteiger partial charge in [-0.1, -0.05) is 80.6 Å². The normalized spacial score (nSPS) is 9.31. The molecule has 0 aliphatic heterocycles. The van der Waals surface area contributed by atoms with Gasteiger partial charge in [0.1, 0.15) is 0 Å². The Morgan fingerprint density at radius 1 is 1.04 bits per heavy atom. The van der Waals surface area contributed by atoms with Crippen molar-refractivity contribution in [1.29, 1.82) is 0 Å². The molecule has 1 amide bonds. The number of amides is 1. The SMILES string of the molecule is C.C.C.CC(C)NC(=O)OCC(C)(C)C.CC(C)c1ccc(Cl)cc1.[Y]. The van der Waals surface area contributed by atoms with Crippen molar-refractivity contribution in [3.8, 4) is 0 Å². The molecule has 1 aromatic rings. The molecule has 1 aromatic carbocycles. The quantitative estimate of drug-likeness (QED) is 0.501. The Labute approximate surface area is 193 Å². The zero-order valence-electron chi connectivity index (χ0n) is 15.4. The second-order valence-corrected chi connectivity index (χ2v) is 7.58. The van der Waals surface area contributed by atoms with E-state index in [0.717, 1.165) is 5.02 Å². The van der Waals surface area contributed by atoms with Crippen molar-refractivity contribution >= 4 is 17.7 Å². The largest absolute Gasteiger partial charge is 0.449 e. The van der Waals surface area contributed by atoms with Gasteiger partial charge < -0.3 is 10.1 Å². The number of benzene rings is 1. The average molecular weight is 465 g/mol. The molecule has 0 unspecified atom stereocenters. The second-order valence-electron chi connectivity index (χ2n) is 7.14. The van der Waals surface area contributed by atoms with Crippen LogP contribution >= 0.6 is 11.6 Å². The van der Waals surface area contributed by atoms with Gasteiger partial charge in [0.15, 0.2) is 0 Å². The number of halogens is 1. The topological polar surface area (TPSA) is 38.3 Å². The van der Waals surface area contributed by atoms with Crippen molar-refractivity contribution in [2.24, 2.45) is 5.41 Å². The van der Waals surface area contributed by atoms with E-state index in [1.807, 2.05) is 46.8 Å². The van der Waals surface area contributed by atoms with Gasteiger partial charge in [-0.05, 0) is 42.9 Å². The van der Waals surface area contributed by atoms with Crippen LogP contribution in [0.25, 0.3) is 0 Å². The van der Waals surface area contributed by atoms with Crippen LogP contribution in [-0.4, -0.2) is 18.7 Å². The van der Waals surface area contributed by atoms with Gasteiger partial charge in [-0.25, -0.2) is 4.79 Å². The van der Waals surface area contributed by atoms with Crippen LogP contribution in [0.4, 0.5) is 4.79 Å². The van der Waals surface area contributed by atoms with Gasteiger partial charge in [0.25, 0.3) is 0 Å². The van der Waals surface area contributed by atoms with E-state index >= 15 is 0 Å². The Bertz CT molecular complexity index is 440. The molecule has 0 aromatic heterocycles. The summed E-state index contributed by atoms with van der Waals surface area (Å²) in [5.41, 5.74) is 1.37. The van der Waals surface area contributed by atoms with E-state index in [0.29, 0.717) is 12.5 Å². The van der Waals surface area contributed by atoms with Gasteiger partial charge in [0.2, 0.25) is 0 Å². The summed E-state index contributed by atoms with van der Waals surface area (Å²) < 4.78 is 4.97. The molecule has 0 atom stereocenters. The summed E-state index contributed by atoms with van der Waals surface area (Å²) >= 11 is 5.72. The van der Waals surface area contributed by atoms with Gasteiger partial charge >= 0.3 is 6.09 Å². The fraction of sp³-hybridized carbons (Fsp3) is 0.667. The van der Waals surface area contributed by atoms with Crippen LogP contribution in [0.2, 0.25) is 5.02 Å². The minimum atomic E-state index is -0.333. The fourth-order valence-corrected chi connectivity index (χ4v) is 1.53. The molecule has 0 heterocycles. The predicted octanol–water partition coefficient (Wildman–Crippen LogP) is 7.54. The number of alkyl carbamates (subject to hydrolysis) is 1. The van der Waals surface area contributed by atoms with Gasteiger partial charge in [-0.3, -0.25) is 0 Å². The monoisotopic (exact) mass is 464 g/mol. The van der Waals surface area contributed by atoms with Crippen molar-refractivity contribution in [2.75, 3.05) is 6.61 Å². The molecule has 1 rings (SSSR count). The van der Waals surface area contributed by atoms with E-state index in [1.165, 1.54) is 5.56 Å². The summed E-state index contributed by atoms with van der Waals surface area (Å²) in [6.45, 7) is 14.7. The van der Waals surface area contributed by atoms with E-state index in [1.54, 1.807) is 0 Å². The average Bonchev–Trinajstić information content (AvgIpc) is 2.36. The van der Waals surface area contributed by atoms with Crippen molar-refractivity contribution in [3.63, 3.8) is 0 Å². The molecule has 0 bridgehead atoms. The first-order valence-electron chi connectivity index (χ1n) is 7.70. The summed E-state index contributed by atoms with van der Waals surface area (Å²) in [6, 6.07) is 8.12. The van der Waals surface area contributed by atoms with E-state index < -0.39 is 0 Å². The molecule has 0 aliphatic carbocycles. The van der Waals surface area contributed by atoms with Crippen molar-refractivity contribution in [2.45, 2.75) is 82.7 Å². The number of carbonyl (C=O) groups is 1.